The van der Waals surface area contributed by atoms with Crippen molar-refractivity contribution in [3.63, 3.8) is 0 Å². The Bertz CT molecular complexity index is 650. The summed E-state index contributed by atoms with van der Waals surface area (Å²) < 4.78 is 12.4. The van der Waals surface area contributed by atoms with Gasteiger partial charge in [0.05, 0.1) is 33.9 Å². The molecule has 0 radical (unpaired) electrons. The van der Waals surface area contributed by atoms with E-state index in [0.29, 0.717) is 0 Å². The Morgan fingerprint density at radius 3 is 1.04 bits per heavy atom. The SMILES string of the molecule is C1CSC(=C2SC3=C(S2)SC(=C2SC4=C(SCCCS4)S2)S3)SC1. The van der Waals surface area contributed by atoms with Crippen molar-refractivity contribution in [1.29, 1.82) is 0 Å². The van der Waals surface area contributed by atoms with Crippen LogP contribution in [-0.4, -0.2) is 23.0 Å². The Hall–Kier alpha value is 2.46. The number of hydrogen-bond donors (Lipinski definition) is 0. The van der Waals surface area contributed by atoms with Crippen LogP contribution in [0.5, 0.6) is 0 Å². The second-order valence-electron chi connectivity index (χ2n) is 5.01. The molecule has 128 valence electrons. The van der Waals surface area contributed by atoms with E-state index in [1.807, 2.05) is 70.6 Å². The molecule has 1 saturated heterocycles. The van der Waals surface area contributed by atoms with E-state index in [1.165, 1.54) is 52.8 Å². The zero-order valence-electron chi connectivity index (χ0n) is 12.3. The van der Waals surface area contributed by atoms with Crippen LogP contribution in [0.15, 0.2) is 33.9 Å². The molecule has 24 heavy (non-hydrogen) atoms. The second-order valence-corrected chi connectivity index (χ2v) is 17.6. The van der Waals surface area contributed by atoms with Crippen LogP contribution in [0.3, 0.4) is 0 Å². The highest BCUT2D eigenvalue weighted by molar-refractivity contribution is 8.50. The first-order chi connectivity index (χ1) is 11.9. The molecule has 0 aromatic rings. The van der Waals surface area contributed by atoms with Gasteiger partial charge in [0.1, 0.15) is 0 Å². The molecule has 0 unspecified atom stereocenters. The second kappa shape index (κ2) is 8.45. The molecule has 5 heterocycles. The molecule has 0 N–H and O–H groups in total. The van der Waals surface area contributed by atoms with E-state index in [1.54, 1.807) is 16.9 Å². The molecule has 0 atom stereocenters. The van der Waals surface area contributed by atoms with Crippen LogP contribution in [0.1, 0.15) is 12.8 Å². The quantitative estimate of drug-likeness (QED) is 0.315. The summed E-state index contributed by atoms with van der Waals surface area (Å²) in [6, 6.07) is 0. The molecule has 0 nitrogen and oxygen atoms in total. The van der Waals surface area contributed by atoms with Crippen LogP contribution in [0.25, 0.3) is 0 Å². The van der Waals surface area contributed by atoms with Crippen molar-refractivity contribution >= 4 is 118 Å². The van der Waals surface area contributed by atoms with Crippen LogP contribution in [0.2, 0.25) is 0 Å². The van der Waals surface area contributed by atoms with Crippen LogP contribution in [-0.2, 0) is 0 Å². The molecule has 5 rings (SSSR count). The minimum atomic E-state index is 1.29. The van der Waals surface area contributed by atoms with Gasteiger partial charge in [-0.3, -0.25) is 0 Å². The van der Waals surface area contributed by atoms with Crippen LogP contribution >= 0.6 is 118 Å². The molecule has 0 aromatic carbocycles. The highest BCUT2D eigenvalue weighted by atomic mass is 32.3. The zero-order chi connectivity index (χ0) is 15.9. The molecule has 1 fully saturated rings. The van der Waals surface area contributed by atoms with Gasteiger partial charge in [0.25, 0.3) is 0 Å². The van der Waals surface area contributed by atoms with E-state index in [-0.39, 0.29) is 0 Å². The summed E-state index contributed by atoms with van der Waals surface area (Å²) in [5.41, 5.74) is 0. The maximum Gasteiger partial charge on any atom is 0.0718 e. The van der Waals surface area contributed by atoms with Crippen molar-refractivity contribution in [2.45, 2.75) is 12.8 Å². The summed E-state index contributed by atoms with van der Waals surface area (Å²) in [4.78, 5) is 0. The van der Waals surface area contributed by atoms with E-state index in [0.717, 1.165) is 0 Å². The Balaban J connectivity index is 1.27. The van der Waals surface area contributed by atoms with Gasteiger partial charge in [-0.1, -0.05) is 70.6 Å². The monoisotopic (exact) mass is 500 g/mol. The zero-order valence-corrected chi connectivity index (χ0v) is 20.5. The molecule has 0 bridgehead atoms. The molecule has 10 heteroatoms. The predicted octanol–water partition coefficient (Wildman–Crippen LogP) is 8.67. The van der Waals surface area contributed by atoms with Crippen LogP contribution in [0.4, 0.5) is 0 Å². The van der Waals surface area contributed by atoms with Gasteiger partial charge >= 0.3 is 0 Å². The summed E-state index contributed by atoms with van der Waals surface area (Å²) in [7, 11) is 0. The molecule has 0 amide bonds. The highest BCUT2D eigenvalue weighted by Gasteiger charge is 2.36. The van der Waals surface area contributed by atoms with E-state index < -0.39 is 0 Å². The Morgan fingerprint density at radius 1 is 0.333 bits per heavy atom. The third-order valence-electron chi connectivity index (χ3n) is 3.29. The molecule has 0 saturated carbocycles. The van der Waals surface area contributed by atoms with Gasteiger partial charge in [0, 0.05) is 0 Å². The van der Waals surface area contributed by atoms with Crippen molar-refractivity contribution in [3.8, 4) is 0 Å². The van der Waals surface area contributed by atoms with E-state index >= 15 is 0 Å². The highest BCUT2D eigenvalue weighted by Crippen LogP contribution is 2.72. The summed E-state index contributed by atoms with van der Waals surface area (Å²) in [6.07, 6.45) is 2.70. The number of rotatable bonds is 0. The average molecular weight is 501 g/mol. The topological polar surface area (TPSA) is 0 Å². The maximum atomic E-state index is 2.07. The summed E-state index contributed by atoms with van der Waals surface area (Å²) in [5, 5.41) is 0. The van der Waals surface area contributed by atoms with Gasteiger partial charge < -0.3 is 0 Å². The average Bonchev–Trinajstić information content (AvgIpc) is 3.25. The van der Waals surface area contributed by atoms with Crippen molar-refractivity contribution in [3.05, 3.63) is 33.9 Å². The van der Waals surface area contributed by atoms with Gasteiger partial charge in [-0.2, -0.15) is 0 Å². The van der Waals surface area contributed by atoms with Crippen molar-refractivity contribution in [2.24, 2.45) is 0 Å². The summed E-state index contributed by atoms with van der Waals surface area (Å²) in [5.74, 6) is 5.17. The molecule has 0 spiro atoms. The molecular formula is C14H12S10. The smallest absolute Gasteiger partial charge is 0.0718 e. The van der Waals surface area contributed by atoms with Gasteiger partial charge in [0.15, 0.2) is 0 Å². The summed E-state index contributed by atoms with van der Waals surface area (Å²) >= 11 is 20.4. The lowest BCUT2D eigenvalue weighted by molar-refractivity contribution is 1.12. The predicted molar refractivity (Wildman–Crippen MR) is 133 cm³/mol. The Kier molecular flexibility index (Phi) is 6.51. The van der Waals surface area contributed by atoms with E-state index in [2.05, 4.69) is 47.0 Å². The molecule has 0 aromatic heterocycles. The molecule has 0 aliphatic carbocycles. The largest absolute Gasteiger partial charge is 0.118 e. The first-order valence-electron chi connectivity index (χ1n) is 7.42. The van der Waals surface area contributed by atoms with Crippen molar-refractivity contribution in [2.75, 3.05) is 23.0 Å². The minimum absolute atomic E-state index is 1.29. The first kappa shape index (κ1) is 18.5. The van der Waals surface area contributed by atoms with E-state index in [4.69, 9.17) is 0 Å². The minimum Gasteiger partial charge on any atom is -0.118 e. The number of thioether (sulfide) groups is 10. The third-order valence-corrected chi connectivity index (χ3v) is 18.3. The third kappa shape index (κ3) is 3.94. The lowest BCUT2D eigenvalue weighted by atomic mass is 10.6. The van der Waals surface area contributed by atoms with Gasteiger partial charge in [-0.25, -0.2) is 0 Å². The lowest BCUT2D eigenvalue weighted by Crippen LogP contribution is -1.92. The molecular weight excluding hydrogens is 489 g/mol. The Morgan fingerprint density at radius 2 is 0.625 bits per heavy atom. The number of hydrogen-bond acceptors (Lipinski definition) is 10. The maximum absolute atomic E-state index is 2.07. The molecule has 5 aliphatic heterocycles. The van der Waals surface area contributed by atoms with Crippen molar-refractivity contribution < 1.29 is 0 Å². The summed E-state index contributed by atoms with van der Waals surface area (Å²) in [6.45, 7) is 0. The fraction of sp³-hybridized carbons (Fsp3) is 0.429. The standard InChI is InChI=1S/C14H12S10/c1-3-15-7(16-4-1)10-21-13-14(22-10)24-12(23-13)11-19-8-9(20-11)18-6-2-5-17-8/h1-6H2. The Labute approximate surface area is 185 Å². The van der Waals surface area contributed by atoms with Gasteiger partial charge in [-0.15, -0.1) is 47.0 Å². The van der Waals surface area contributed by atoms with Gasteiger partial charge in [0.2, 0.25) is 0 Å². The normalized spacial score (nSPS) is 28.0. The van der Waals surface area contributed by atoms with E-state index in [9.17, 15) is 0 Å². The fourth-order valence-electron chi connectivity index (χ4n) is 2.22. The first-order valence-corrected chi connectivity index (χ1v) is 16.3. The van der Waals surface area contributed by atoms with Crippen LogP contribution < -0.4 is 0 Å². The van der Waals surface area contributed by atoms with Gasteiger partial charge in [-0.05, 0) is 35.9 Å². The molecule has 5 aliphatic rings. The fourth-order valence-corrected chi connectivity index (χ4v) is 18.0. The van der Waals surface area contributed by atoms with Crippen molar-refractivity contribution in [1.82, 2.24) is 0 Å². The lowest BCUT2D eigenvalue weighted by Gasteiger charge is -2.15. The van der Waals surface area contributed by atoms with Crippen LogP contribution in [0, 0.1) is 0 Å².